The first-order chi connectivity index (χ1) is 11.5. The number of aromatic nitrogens is 2. The Bertz CT molecular complexity index is 1150. The molecule has 4 rings (SSSR count). The molecule has 24 heavy (non-hydrogen) atoms. The summed E-state index contributed by atoms with van der Waals surface area (Å²) in [7, 11) is 0. The van der Waals surface area contributed by atoms with Gasteiger partial charge in [0.05, 0.1) is 35.1 Å². The smallest absolute Gasteiger partial charge is 0.255 e. The molecule has 0 unspecified atom stereocenters. The van der Waals surface area contributed by atoms with Crippen LogP contribution in [0, 0.1) is 18.3 Å². The van der Waals surface area contributed by atoms with Crippen molar-refractivity contribution in [3.63, 3.8) is 0 Å². The fourth-order valence-electron chi connectivity index (χ4n) is 3.27. The molecule has 0 atom stereocenters. The molecule has 5 heteroatoms. The van der Waals surface area contributed by atoms with Crippen LogP contribution in [0.3, 0.4) is 0 Å². The van der Waals surface area contributed by atoms with E-state index in [0.717, 1.165) is 22.2 Å². The summed E-state index contributed by atoms with van der Waals surface area (Å²) in [5.41, 5.74) is 4.43. The minimum atomic E-state index is -0.155. The van der Waals surface area contributed by atoms with Gasteiger partial charge >= 0.3 is 0 Å². The molecule has 0 radical (unpaired) electrons. The van der Waals surface area contributed by atoms with Crippen LogP contribution in [0.2, 0.25) is 0 Å². The van der Waals surface area contributed by atoms with Crippen molar-refractivity contribution in [2.24, 2.45) is 0 Å². The number of nitrogens with zero attached hydrogens (tertiary/aromatic N) is 3. The van der Waals surface area contributed by atoms with E-state index >= 15 is 0 Å². The summed E-state index contributed by atoms with van der Waals surface area (Å²) in [4.78, 5) is 29.1. The molecule has 0 amide bonds. The molecule has 5 nitrogen and oxygen atoms in total. The molecule has 116 valence electrons. The van der Waals surface area contributed by atoms with Crippen molar-refractivity contribution in [2.75, 3.05) is 0 Å². The van der Waals surface area contributed by atoms with Crippen LogP contribution in [0.5, 0.6) is 0 Å². The van der Waals surface area contributed by atoms with Crippen LogP contribution in [0.1, 0.15) is 34.0 Å². The van der Waals surface area contributed by atoms with E-state index in [9.17, 15) is 9.59 Å². The second-order valence-electron chi connectivity index (χ2n) is 6.03. The van der Waals surface area contributed by atoms with E-state index in [1.807, 2.05) is 6.07 Å². The SMILES string of the molecule is CC(=O)c1cc2n(c(=O)c1C)Cc1cc3cc(C#N)ccc3nc1-2. The van der Waals surface area contributed by atoms with Gasteiger partial charge in [-0.25, -0.2) is 4.98 Å². The predicted molar refractivity (Wildman–Crippen MR) is 90.0 cm³/mol. The molecule has 1 aliphatic heterocycles. The van der Waals surface area contributed by atoms with Gasteiger partial charge < -0.3 is 4.57 Å². The second-order valence-corrected chi connectivity index (χ2v) is 6.03. The highest BCUT2D eigenvalue weighted by atomic mass is 16.1. The van der Waals surface area contributed by atoms with Gasteiger partial charge in [0, 0.05) is 22.1 Å². The Hall–Kier alpha value is -3.26. The normalized spacial score (nSPS) is 11.9. The second kappa shape index (κ2) is 4.87. The molecule has 3 aromatic rings. The Kier molecular flexibility index (Phi) is 2.91. The summed E-state index contributed by atoms with van der Waals surface area (Å²) in [6.07, 6.45) is 0. The Morgan fingerprint density at radius 2 is 2.08 bits per heavy atom. The number of nitriles is 1. The fraction of sp³-hybridized carbons (Fsp3) is 0.158. The van der Waals surface area contributed by atoms with Crippen molar-refractivity contribution in [3.05, 3.63) is 62.9 Å². The Balaban J connectivity index is 2.02. The van der Waals surface area contributed by atoms with Gasteiger partial charge in [-0.05, 0) is 44.2 Å². The maximum atomic E-state index is 12.6. The highest BCUT2D eigenvalue weighted by Crippen LogP contribution is 2.32. The Morgan fingerprint density at radius 1 is 1.29 bits per heavy atom. The maximum absolute atomic E-state index is 12.6. The number of rotatable bonds is 1. The third-order valence-corrected chi connectivity index (χ3v) is 4.51. The lowest BCUT2D eigenvalue weighted by molar-refractivity contribution is 0.101. The van der Waals surface area contributed by atoms with Crippen molar-refractivity contribution >= 4 is 16.7 Å². The van der Waals surface area contributed by atoms with Crippen LogP contribution in [0.4, 0.5) is 0 Å². The van der Waals surface area contributed by atoms with E-state index in [1.165, 1.54) is 6.92 Å². The van der Waals surface area contributed by atoms with Gasteiger partial charge in [-0.3, -0.25) is 9.59 Å². The average molecular weight is 315 g/mol. The van der Waals surface area contributed by atoms with E-state index in [-0.39, 0.29) is 11.3 Å². The van der Waals surface area contributed by atoms with Gasteiger partial charge in [0.15, 0.2) is 5.78 Å². The monoisotopic (exact) mass is 315 g/mol. The van der Waals surface area contributed by atoms with Gasteiger partial charge in [-0.2, -0.15) is 5.26 Å². The summed E-state index contributed by atoms with van der Waals surface area (Å²) in [5.74, 6) is -0.124. The number of Topliss-reactive ketones (excluding diaryl/α,β-unsaturated/α-hetero) is 1. The number of pyridine rings is 2. The number of carbonyl (C=O) groups is 1. The molecule has 1 aromatic carbocycles. The van der Waals surface area contributed by atoms with Crippen molar-refractivity contribution in [3.8, 4) is 17.5 Å². The first-order valence-electron chi connectivity index (χ1n) is 7.59. The Labute approximate surface area is 137 Å². The lowest BCUT2D eigenvalue weighted by atomic mass is 10.0. The van der Waals surface area contributed by atoms with E-state index in [1.54, 1.807) is 35.8 Å². The predicted octanol–water partition coefficient (Wildman–Crippen LogP) is 2.81. The van der Waals surface area contributed by atoms with Gasteiger partial charge in [0.2, 0.25) is 0 Å². The van der Waals surface area contributed by atoms with Crippen LogP contribution in [0.15, 0.2) is 35.1 Å². The Morgan fingerprint density at radius 3 is 2.79 bits per heavy atom. The van der Waals surface area contributed by atoms with Gasteiger partial charge in [0.25, 0.3) is 5.56 Å². The highest BCUT2D eigenvalue weighted by Gasteiger charge is 2.24. The molecule has 0 saturated carbocycles. The zero-order valence-corrected chi connectivity index (χ0v) is 13.3. The third-order valence-electron chi connectivity index (χ3n) is 4.51. The third kappa shape index (κ3) is 1.90. The van der Waals surface area contributed by atoms with Crippen LogP contribution in [-0.4, -0.2) is 15.3 Å². The zero-order chi connectivity index (χ0) is 17.0. The van der Waals surface area contributed by atoms with E-state index < -0.39 is 0 Å². The minimum absolute atomic E-state index is 0.124. The minimum Gasteiger partial charge on any atom is -0.302 e. The topological polar surface area (TPSA) is 75.8 Å². The van der Waals surface area contributed by atoms with Crippen LogP contribution >= 0.6 is 0 Å². The maximum Gasteiger partial charge on any atom is 0.255 e. The zero-order valence-electron chi connectivity index (χ0n) is 13.3. The summed E-state index contributed by atoms with van der Waals surface area (Å²) >= 11 is 0. The molecule has 0 N–H and O–H groups in total. The van der Waals surface area contributed by atoms with E-state index in [4.69, 9.17) is 5.26 Å². The summed E-state index contributed by atoms with van der Waals surface area (Å²) in [6.45, 7) is 3.58. The standard InChI is InChI=1S/C19H13N3O2/c1-10-15(11(2)23)7-17-18-14(9-22(17)19(10)24)6-13-5-12(8-20)3-4-16(13)21-18/h3-7H,9H2,1-2H3. The van der Waals surface area contributed by atoms with E-state index in [0.29, 0.717) is 28.9 Å². The van der Waals surface area contributed by atoms with Crippen molar-refractivity contribution in [1.29, 1.82) is 5.26 Å². The van der Waals surface area contributed by atoms with Gasteiger partial charge in [-0.1, -0.05) is 0 Å². The van der Waals surface area contributed by atoms with Crippen LogP contribution in [-0.2, 0) is 6.54 Å². The molecular formula is C19H13N3O2. The van der Waals surface area contributed by atoms with Crippen molar-refractivity contribution in [2.45, 2.75) is 20.4 Å². The molecule has 0 saturated heterocycles. The first kappa shape index (κ1) is 14.3. The summed E-state index contributed by atoms with van der Waals surface area (Å²) in [5, 5.41) is 9.91. The number of carbonyl (C=O) groups excluding carboxylic acids is 1. The number of ketones is 1. The molecule has 0 fully saturated rings. The van der Waals surface area contributed by atoms with Crippen LogP contribution < -0.4 is 5.56 Å². The van der Waals surface area contributed by atoms with Crippen molar-refractivity contribution < 1.29 is 4.79 Å². The summed E-state index contributed by atoms with van der Waals surface area (Å²) in [6, 6.07) is 11.2. The number of benzene rings is 1. The highest BCUT2D eigenvalue weighted by molar-refractivity contribution is 5.96. The molecule has 1 aliphatic rings. The fourth-order valence-corrected chi connectivity index (χ4v) is 3.27. The van der Waals surface area contributed by atoms with Crippen LogP contribution in [0.25, 0.3) is 22.3 Å². The number of fused-ring (bicyclic) bond motifs is 4. The average Bonchev–Trinajstić information content (AvgIpc) is 2.92. The molecule has 0 spiro atoms. The summed E-state index contributed by atoms with van der Waals surface area (Å²) < 4.78 is 1.66. The van der Waals surface area contributed by atoms with E-state index in [2.05, 4.69) is 11.1 Å². The van der Waals surface area contributed by atoms with Gasteiger partial charge in [0.1, 0.15) is 0 Å². The molecule has 0 bridgehead atoms. The molecular weight excluding hydrogens is 302 g/mol. The lowest BCUT2D eigenvalue weighted by Gasteiger charge is -2.08. The van der Waals surface area contributed by atoms with Gasteiger partial charge in [-0.15, -0.1) is 0 Å². The molecule has 3 heterocycles. The number of hydrogen-bond acceptors (Lipinski definition) is 4. The molecule has 2 aromatic heterocycles. The molecule has 0 aliphatic carbocycles. The first-order valence-corrected chi connectivity index (χ1v) is 7.59. The van der Waals surface area contributed by atoms with Crippen molar-refractivity contribution in [1.82, 2.24) is 9.55 Å². The quantitative estimate of drug-likeness (QED) is 0.506. The largest absolute Gasteiger partial charge is 0.302 e. The number of hydrogen-bond donors (Lipinski definition) is 0. The lowest BCUT2D eigenvalue weighted by Crippen LogP contribution is -2.23.